The Hall–Kier alpha value is -2.29. The van der Waals surface area contributed by atoms with Crippen molar-refractivity contribution in [2.45, 2.75) is 65.6 Å². The fourth-order valence-electron chi connectivity index (χ4n) is 3.72. The second-order valence-electron chi connectivity index (χ2n) is 9.85. The summed E-state index contributed by atoms with van der Waals surface area (Å²) in [5.41, 5.74) is 1.37. The third kappa shape index (κ3) is 8.39. The molecule has 0 saturated heterocycles. The minimum Gasteiger partial charge on any atom is -0.350 e. The summed E-state index contributed by atoms with van der Waals surface area (Å²) in [7, 11) is -3.61. The molecule has 2 rings (SSSR count). The first-order valence-electron chi connectivity index (χ1n) is 11.7. The molecular formula is C26H35Cl2N3O4S. The van der Waals surface area contributed by atoms with Crippen LogP contribution in [0.3, 0.4) is 0 Å². The van der Waals surface area contributed by atoms with Crippen LogP contribution in [0.4, 0.5) is 5.69 Å². The number of amides is 2. The minimum absolute atomic E-state index is 0.0449. The Balaban J connectivity index is 2.24. The molecule has 0 aliphatic carbocycles. The number of hydrogen-bond donors (Lipinski definition) is 1. The van der Waals surface area contributed by atoms with Crippen LogP contribution in [-0.2, 0) is 26.2 Å². The van der Waals surface area contributed by atoms with Crippen molar-refractivity contribution in [2.24, 2.45) is 0 Å². The van der Waals surface area contributed by atoms with E-state index in [0.29, 0.717) is 21.3 Å². The lowest BCUT2D eigenvalue weighted by Crippen LogP contribution is -2.52. The van der Waals surface area contributed by atoms with Gasteiger partial charge >= 0.3 is 0 Å². The Kier molecular flexibility index (Phi) is 10.2. The molecule has 2 aromatic carbocycles. The summed E-state index contributed by atoms with van der Waals surface area (Å²) in [5.74, 6) is -0.557. The summed E-state index contributed by atoms with van der Waals surface area (Å²) in [4.78, 5) is 27.8. The quantitative estimate of drug-likeness (QED) is 0.437. The van der Waals surface area contributed by atoms with Crippen molar-refractivity contribution in [2.75, 3.05) is 17.1 Å². The monoisotopic (exact) mass is 555 g/mol. The molecule has 0 aliphatic heterocycles. The van der Waals surface area contributed by atoms with Gasteiger partial charge in [-0.25, -0.2) is 8.42 Å². The standard InChI is InChI=1S/C26H35Cl2N3O4S/c1-18-21(27)13-9-14-23(18)31(36(6,34)35)16-10-15-24(32)30(17-20-11-7-8-12-22(20)28)19(2)25(33)29-26(3,4)5/h7-9,11-14,19H,10,15-17H2,1-6H3,(H,29,33)/t19-/m1/s1. The van der Waals surface area contributed by atoms with Gasteiger partial charge in [0, 0.05) is 35.1 Å². The van der Waals surface area contributed by atoms with Crippen LogP contribution in [0.2, 0.25) is 10.0 Å². The first kappa shape index (κ1) is 29.9. The SMILES string of the molecule is Cc1c(Cl)cccc1N(CCCC(=O)N(Cc1ccccc1Cl)[C@H](C)C(=O)NC(C)(C)C)S(C)(=O)=O. The highest BCUT2D eigenvalue weighted by atomic mass is 35.5. The van der Waals surface area contributed by atoms with Crippen molar-refractivity contribution >= 4 is 50.7 Å². The Morgan fingerprint density at radius 2 is 1.64 bits per heavy atom. The van der Waals surface area contributed by atoms with Crippen molar-refractivity contribution in [3.63, 3.8) is 0 Å². The molecule has 0 aliphatic rings. The number of nitrogens with one attached hydrogen (secondary N) is 1. The number of sulfonamides is 1. The van der Waals surface area contributed by atoms with Crippen LogP contribution in [0.25, 0.3) is 0 Å². The van der Waals surface area contributed by atoms with Gasteiger partial charge in [-0.15, -0.1) is 0 Å². The Bertz CT molecular complexity index is 1200. The molecule has 10 heteroatoms. The van der Waals surface area contributed by atoms with E-state index in [1.807, 2.05) is 32.9 Å². The summed E-state index contributed by atoms with van der Waals surface area (Å²) < 4.78 is 26.3. The van der Waals surface area contributed by atoms with Gasteiger partial charge in [0.05, 0.1) is 11.9 Å². The van der Waals surface area contributed by atoms with Gasteiger partial charge in [-0.05, 0) is 70.4 Å². The number of nitrogens with zero attached hydrogens (tertiary/aromatic N) is 2. The number of halogens is 2. The lowest BCUT2D eigenvalue weighted by atomic mass is 10.1. The smallest absolute Gasteiger partial charge is 0.242 e. The molecule has 0 saturated carbocycles. The lowest BCUT2D eigenvalue weighted by molar-refractivity contribution is -0.141. The van der Waals surface area contributed by atoms with Gasteiger partial charge < -0.3 is 10.2 Å². The van der Waals surface area contributed by atoms with Gasteiger partial charge in [-0.1, -0.05) is 47.5 Å². The van der Waals surface area contributed by atoms with Crippen molar-refractivity contribution in [3.8, 4) is 0 Å². The summed E-state index contributed by atoms with van der Waals surface area (Å²) in [6.07, 6.45) is 1.42. The summed E-state index contributed by atoms with van der Waals surface area (Å²) in [5, 5.41) is 3.87. The van der Waals surface area contributed by atoms with Gasteiger partial charge in [0.15, 0.2) is 0 Å². The third-order valence-electron chi connectivity index (χ3n) is 5.62. The van der Waals surface area contributed by atoms with Gasteiger partial charge in [0.2, 0.25) is 21.8 Å². The summed E-state index contributed by atoms with van der Waals surface area (Å²) in [6.45, 7) is 9.28. The number of carbonyl (C=O) groups excluding carboxylic acids is 2. The van der Waals surface area contributed by atoms with Gasteiger partial charge in [0.25, 0.3) is 0 Å². The average Bonchev–Trinajstić information content (AvgIpc) is 2.76. The molecule has 7 nitrogen and oxygen atoms in total. The molecule has 2 aromatic rings. The maximum absolute atomic E-state index is 13.4. The fourth-order valence-corrected chi connectivity index (χ4v) is 5.10. The van der Waals surface area contributed by atoms with E-state index in [4.69, 9.17) is 23.2 Å². The van der Waals surface area contributed by atoms with Gasteiger partial charge in [0.1, 0.15) is 6.04 Å². The number of benzene rings is 2. The number of hydrogen-bond acceptors (Lipinski definition) is 4. The molecule has 0 heterocycles. The summed E-state index contributed by atoms with van der Waals surface area (Å²) >= 11 is 12.5. The van der Waals surface area contributed by atoms with E-state index in [1.54, 1.807) is 44.2 Å². The van der Waals surface area contributed by atoms with Crippen LogP contribution in [0.15, 0.2) is 42.5 Å². The van der Waals surface area contributed by atoms with Crippen LogP contribution in [0.5, 0.6) is 0 Å². The molecule has 0 spiro atoms. The van der Waals surface area contributed by atoms with Gasteiger partial charge in [-0.2, -0.15) is 0 Å². The summed E-state index contributed by atoms with van der Waals surface area (Å²) in [6, 6.07) is 11.5. The zero-order valence-electron chi connectivity index (χ0n) is 21.6. The molecule has 0 fully saturated rings. The van der Waals surface area contributed by atoms with E-state index in [2.05, 4.69) is 5.32 Å². The Morgan fingerprint density at radius 1 is 1.03 bits per heavy atom. The van der Waals surface area contributed by atoms with Gasteiger partial charge in [-0.3, -0.25) is 13.9 Å². The maximum atomic E-state index is 13.4. The number of rotatable bonds is 10. The predicted molar refractivity (Wildman–Crippen MR) is 147 cm³/mol. The molecule has 1 N–H and O–H groups in total. The predicted octanol–water partition coefficient (Wildman–Crippen LogP) is 5.18. The Labute approximate surface area is 224 Å². The topological polar surface area (TPSA) is 86.8 Å². The number of carbonyl (C=O) groups is 2. The van der Waals surface area contributed by atoms with E-state index in [-0.39, 0.29) is 37.7 Å². The van der Waals surface area contributed by atoms with E-state index in [9.17, 15) is 18.0 Å². The highest BCUT2D eigenvalue weighted by Crippen LogP contribution is 2.28. The second kappa shape index (κ2) is 12.3. The zero-order chi connectivity index (χ0) is 27.3. The van der Waals surface area contributed by atoms with Crippen molar-refractivity contribution in [3.05, 3.63) is 63.6 Å². The molecule has 0 radical (unpaired) electrons. The van der Waals surface area contributed by atoms with Crippen LogP contribution in [0.1, 0.15) is 51.7 Å². The van der Waals surface area contributed by atoms with Crippen molar-refractivity contribution in [1.29, 1.82) is 0 Å². The molecule has 0 bridgehead atoms. The molecule has 0 aromatic heterocycles. The van der Waals surface area contributed by atoms with E-state index < -0.39 is 21.6 Å². The highest BCUT2D eigenvalue weighted by molar-refractivity contribution is 7.92. The van der Waals surface area contributed by atoms with Crippen molar-refractivity contribution in [1.82, 2.24) is 10.2 Å². The molecule has 2 amide bonds. The van der Waals surface area contributed by atoms with Crippen LogP contribution in [-0.4, -0.2) is 49.5 Å². The highest BCUT2D eigenvalue weighted by Gasteiger charge is 2.29. The minimum atomic E-state index is -3.61. The van der Waals surface area contributed by atoms with Crippen LogP contribution in [0, 0.1) is 6.92 Å². The molecule has 36 heavy (non-hydrogen) atoms. The van der Waals surface area contributed by atoms with E-state index >= 15 is 0 Å². The first-order chi connectivity index (χ1) is 16.6. The normalized spacial score (nSPS) is 12.7. The Morgan fingerprint density at radius 3 is 2.22 bits per heavy atom. The molecular weight excluding hydrogens is 521 g/mol. The largest absolute Gasteiger partial charge is 0.350 e. The lowest BCUT2D eigenvalue weighted by Gasteiger charge is -2.32. The average molecular weight is 557 g/mol. The van der Waals surface area contributed by atoms with Crippen LogP contribution < -0.4 is 9.62 Å². The van der Waals surface area contributed by atoms with Crippen molar-refractivity contribution < 1.29 is 18.0 Å². The second-order valence-corrected chi connectivity index (χ2v) is 12.6. The molecule has 1 atom stereocenters. The molecule has 0 unspecified atom stereocenters. The number of anilines is 1. The fraction of sp³-hybridized carbons (Fsp3) is 0.462. The maximum Gasteiger partial charge on any atom is 0.242 e. The van der Waals surface area contributed by atoms with E-state index in [1.165, 1.54) is 9.21 Å². The van der Waals surface area contributed by atoms with Crippen LogP contribution >= 0.6 is 23.2 Å². The first-order valence-corrected chi connectivity index (χ1v) is 14.3. The zero-order valence-corrected chi connectivity index (χ0v) is 24.0. The molecule has 198 valence electrons. The van der Waals surface area contributed by atoms with E-state index in [0.717, 1.165) is 11.8 Å². The third-order valence-corrected chi connectivity index (χ3v) is 7.58.